The molecule has 1 aliphatic rings. The maximum atomic E-state index is 12.9. The summed E-state index contributed by atoms with van der Waals surface area (Å²) in [5.74, 6) is 2.17. The van der Waals surface area contributed by atoms with E-state index in [0.717, 1.165) is 25.9 Å². The van der Waals surface area contributed by atoms with Crippen LogP contribution in [0.25, 0.3) is 0 Å². The van der Waals surface area contributed by atoms with Gasteiger partial charge in [0.1, 0.15) is 5.82 Å². The van der Waals surface area contributed by atoms with E-state index in [1.165, 1.54) is 24.3 Å². The van der Waals surface area contributed by atoms with Crippen molar-refractivity contribution in [2.75, 3.05) is 19.6 Å². The van der Waals surface area contributed by atoms with E-state index in [1.54, 1.807) is 6.92 Å². The van der Waals surface area contributed by atoms with Crippen LogP contribution in [0.5, 0.6) is 0 Å². The Morgan fingerprint density at radius 3 is 2.61 bits per heavy atom. The van der Waals surface area contributed by atoms with Gasteiger partial charge in [-0.05, 0) is 50.6 Å². The summed E-state index contributed by atoms with van der Waals surface area (Å²) in [5.41, 5.74) is 0.586. The molecule has 124 valence electrons. The quantitative estimate of drug-likeness (QED) is 0.813. The number of halogens is 1. The van der Waals surface area contributed by atoms with E-state index in [4.69, 9.17) is 6.42 Å². The Bertz CT molecular complexity index is 559. The van der Waals surface area contributed by atoms with E-state index in [-0.39, 0.29) is 17.6 Å². The van der Waals surface area contributed by atoms with Gasteiger partial charge in [-0.3, -0.25) is 9.69 Å². The Labute approximate surface area is 136 Å². The van der Waals surface area contributed by atoms with Crippen LogP contribution in [0.15, 0.2) is 24.3 Å². The second-order valence-corrected chi connectivity index (χ2v) is 6.05. The molecule has 1 saturated heterocycles. The van der Waals surface area contributed by atoms with Gasteiger partial charge in [-0.25, -0.2) is 4.39 Å². The van der Waals surface area contributed by atoms with Gasteiger partial charge in [0.15, 0.2) is 0 Å². The van der Waals surface area contributed by atoms with Crippen molar-refractivity contribution in [3.63, 3.8) is 0 Å². The molecule has 0 aromatic heterocycles. The number of rotatable bonds is 5. The molecule has 0 saturated carbocycles. The van der Waals surface area contributed by atoms with Crippen molar-refractivity contribution in [3.8, 4) is 12.3 Å². The first-order valence-electron chi connectivity index (χ1n) is 7.91. The summed E-state index contributed by atoms with van der Waals surface area (Å²) < 4.78 is 12.9. The van der Waals surface area contributed by atoms with Crippen LogP contribution in [0.2, 0.25) is 0 Å². The van der Waals surface area contributed by atoms with Crippen molar-refractivity contribution in [1.82, 2.24) is 10.2 Å². The summed E-state index contributed by atoms with van der Waals surface area (Å²) in [6.45, 7) is 4.00. The fourth-order valence-corrected chi connectivity index (χ4v) is 2.85. The topological polar surface area (TPSA) is 52.6 Å². The average Bonchev–Trinajstić information content (AvgIpc) is 2.55. The molecule has 0 aliphatic carbocycles. The zero-order valence-electron chi connectivity index (χ0n) is 13.3. The van der Waals surface area contributed by atoms with Crippen LogP contribution in [0.1, 0.15) is 31.4 Å². The molecule has 2 rings (SSSR count). The van der Waals surface area contributed by atoms with Gasteiger partial charge >= 0.3 is 0 Å². The fourth-order valence-electron chi connectivity index (χ4n) is 2.85. The molecule has 2 unspecified atom stereocenters. The van der Waals surface area contributed by atoms with Gasteiger partial charge < -0.3 is 10.4 Å². The zero-order chi connectivity index (χ0) is 16.8. The number of nitrogens with zero attached hydrogens (tertiary/aromatic N) is 1. The summed E-state index contributed by atoms with van der Waals surface area (Å²) >= 11 is 0. The third-order valence-electron chi connectivity index (χ3n) is 4.33. The van der Waals surface area contributed by atoms with Crippen LogP contribution >= 0.6 is 0 Å². The Morgan fingerprint density at radius 1 is 1.43 bits per heavy atom. The number of terminal acetylenes is 1. The average molecular weight is 318 g/mol. The molecule has 1 aromatic rings. The van der Waals surface area contributed by atoms with E-state index >= 15 is 0 Å². The lowest BCUT2D eigenvalue weighted by Crippen LogP contribution is -2.44. The van der Waals surface area contributed by atoms with Crippen LogP contribution in [0.4, 0.5) is 4.39 Å². The number of carbonyl (C=O) groups excluding carboxylic acids is 1. The van der Waals surface area contributed by atoms with Gasteiger partial charge in [-0.1, -0.05) is 18.1 Å². The first-order chi connectivity index (χ1) is 11.0. The van der Waals surface area contributed by atoms with Gasteiger partial charge in [0.2, 0.25) is 5.91 Å². The molecule has 1 aliphatic heterocycles. The first kappa shape index (κ1) is 17.5. The predicted octanol–water partition coefficient (Wildman–Crippen LogP) is 1.71. The number of carbonyl (C=O) groups is 1. The number of likely N-dealkylation sites (tertiary alicyclic amines) is 1. The lowest BCUT2D eigenvalue weighted by atomic mass is 9.95. The van der Waals surface area contributed by atoms with E-state index in [0.29, 0.717) is 12.1 Å². The summed E-state index contributed by atoms with van der Waals surface area (Å²) in [5, 5.41) is 13.1. The molecular weight excluding hydrogens is 295 g/mol. The molecule has 0 radical (unpaired) electrons. The Hall–Kier alpha value is -1.90. The maximum absolute atomic E-state index is 12.9. The van der Waals surface area contributed by atoms with Crippen LogP contribution in [0.3, 0.4) is 0 Å². The third kappa shape index (κ3) is 4.78. The highest BCUT2D eigenvalue weighted by atomic mass is 19.1. The number of aliphatic hydroxyl groups is 1. The standard InChI is InChI=1S/C18H23FN2O2/c1-3-10-21-11-8-15(9-12-21)18(23)20-13(2)17(22)14-4-6-16(19)7-5-14/h1,4-7,13,15,17,22H,8-12H2,2H3,(H,20,23). The van der Waals surface area contributed by atoms with Crippen LogP contribution in [0, 0.1) is 24.1 Å². The molecule has 1 heterocycles. The number of hydrogen-bond donors (Lipinski definition) is 2. The van der Waals surface area contributed by atoms with Crippen molar-refractivity contribution in [2.24, 2.45) is 5.92 Å². The second kappa shape index (κ2) is 8.09. The van der Waals surface area contributed by atoms with Gasteiger partial charge in [0.05, 0.1) is 18.7 Å². The van der Waals surface area contributed by atoms with Gasteiger partial charge in [0.25, 0.3) is 0 Å². The monoisotopic (exact) mass is 318 g/mol. The van der Waals surface area contributed by atoms with Crippen LogP contribution in [-0.2, 0) is 4.79 Å². The van der Waals surface area contributed by atoms with Crippen molar-refractivity contribution in [1.29, 1.82) is 0 Å². The summed E-state index contributed by atoms with van der Waals surface area (Å²) in [7, 11) is 0. The largest absolute Gasteiger partial charge is 0.386 e. The molecule has 1 aromatic carbocycles. The molecule has 5 heteroatoms. The molecule has 23 heavy (non-hydrogen) atoms. The normalized spacial score (nSPS) is 18.9. The van der Waals surface area contributed by atoms with Crippen LogP contribution < -0.4 is 5.32 Å². The van der Waals surface area contributed by atoms with Crippen molar-refractivity contribution >= 4 is 5.91 Å². The number of hydrogen-bond acceptors (Lipinski definition) is 3. The van der Waals surface area contributed by atoms with Gasteiger partial charge in [-0.15, -0.1) is 6.42 Å². The Morgan fingerprint density at radius 2 is 2.04 bits per heavy atom. The number of aliphatic hydroxyl groups excluding tert-OH is 1. The lowest BCUT2D eigenvalue weighted by Gasteiger charge is -2.31. The fraction of sp³-hybridized carbons (Fsp3) is 0.500. The Balaban J connectivity index is 1.85. The van der Waals surface area contributed by atoms with E-state index in [2.05, 4.69) is 16.1 Å². The minimum absolute atomic E-state index is 0.0426. The van der Waals surface area contributed by atoms with Crippen molar-refractivity contribution in [2.45, 2.75) is 31.9 Å². The Kier molecular flexibility index (Phi) is 6.14. The van der Waals surface area contributed by atoms with Crippen LogP contribution in [-0.4, -0.2) is 41.6 Å². The molecule has 4 nitrogen and oxygen atoms in total. The van der Waals surface area contributed by atoms with E-state index < -0.39 is 12.1 Å². The van der Waals surface area contributed by atoms with Crippen molar-refractivity contribution < 1.29 is 14.3 Å². The number of piperidine rings is 1. The molecule has 0 spiro atoms. The SMILES string of the molecule is C#CCN1CCC(C(=O)NC(C)C(O)c2ccc(F)cc2)CC1. The molecule has 2 atom stereocenters. The molecule has 2 N–H and O–H groups in total. The summed E-state index contributed by atoms with van der Waals surface area (Å²) in [4.78, 5) is 14.5. The highest BCUT2D eigenvalue weighted by molar-refractivity contribution is 5.79. The molecular formula is C18H23FN2O2. The van der Waals surface area contributed by atoms with Gasteiger partial charge in [0, 0.05) is 5.92 Å². The smallest absolute Gasteiger partial charge is 0.223 e. The highest BCUT2D eigenvalue weighted by Gasteiger charge is 2.27. The predicted molar refractivity (Wildman–Crippen MR) is 87.0 cm³/mol. The number of amides is 1. The zero-order valence-corrected chi connectivity index (χ0v) is 13.3. The molecule has 1 amide bonds. The summed E-state index contributed by atoms with van der Waals surface area (Å²) in [6.07, 6.45) is 5.98. The lowest BCUT2D eigenvalue weighted by molar-refractivity contribution is -0.127. The van der Waals surface area contributed by atoms with E-state index in [9.17, 15) is 14.3 Å². The number of nitrogens with one attached hydrogen (secondary N) is 1. The first-order valence-corrected chi connectivity index (χ1v) is 7.91. The van der Waals surface area contributed by atoms with Gasteiger partial charge in [-0.2, -0.15) is 0 Å². The minimum atomic E-state index is -0.860. The number of benzene rings is 1. The maximum Gasteiger partial charge on any atom is 0.223 e. The van der Waals surface area contributed by atoms with E-state index in [1.807, 2.05) is 0 Å². The highest BCUT2D eigenvalue weighted by Crippen LogP contribution is 2.20. The molecule has 0 bridgehead atoms. The van der Waals surface area contributed by atoms with Crippen molar-refractivity contribution in [3.05, 3.63) is 35.6 Å². The second-order valence-electron chi connectivity index (χ2n) is 6.05. The molecule has 1 fully saturated rings. The third-order valence-corrected chi connectivity index (χ3v) is 4.33. The minimum Gasteiger partial charge on any atom is -0.386 e. The summed E-state index contributed by atoms with van der Waals surface area (Å²) in [6, 6.07) is 5.22.